The Balaban J connectivity index is 2.02. The Bertz CT molecular complexity index is 465. The second-order valence-corrected chi connectivity index (χ2v) is 5.37. The largest absolute Gasteiger partial charge is 0.369 e. The number of amides is 2. The maximum Gasteiger partial charge on any atom is 0.230 e. The minimum Gasteiger partial charge on any atom is -0.369 e. The number of benzene rings is 1. The van der Waals surface area contributed by atoms with Gasteiger partial charge in [0.2, 0.25) is 11.8 Å². The van der Waals surface area contributed by atoms with Crippen LogP contribution in [0.15, 0.2) is 30.3 Å². The van der Waals surface area contributed by atoms with E-state index in [1.54, 1.807) is 0 Å². The topological polar surface area (TPSA) is 63.4 Å². The standard InChI is InChI=1S/C16H22N2O2/c1-2-14(12-6-4-3-5-7-12)16(20)18-10-8-13(9-11-18)15(17)19/h3-7,13-14H,2,8-11H2,1H3,(H2,17,19). The first-order valence-corrected chi connectivity index (χ1v) is 7.26. The lowest BCUT2D eigenvalue weighted by molar-refractivity contribution is -0.136. The van der Waals surface area contributed by atoms with Crippen LogP contribution in [0.5, 0.6) is 0 Å². The van der Waals surface area contributed by atoms with Gasteiger partial charge in [-0.1, -0.05) is 37.3 Å². The molecule has 0 saturated carbocycles. The van der Waals surface area contributed by atoms with E-state index in [-0.39, 0.29) is 23.7 Å². The van der Waals surface area contributed by atoms with Crippen molar-refractivity contribution in [1.82, 2.24) is 4.90 Å². The molecular formula is C16H22N2O2. The summed E-state index contributed by atoms with van der Waals surface area (Å²) in [6.07, 6.45) is 2.16. The van der Waals surface area contributed by atoms with E-state index in [1.165, 1.54) is 0 Å². The predicted octanol–water partition coefficient (Wildman–Crippen LogP) is 1.90. The molecule has 1 aliphatic heterocycles. The van der Waals surface area contributed by atoms with Gasteiger partial charge in [0.1, 0.15) is 0 Å². The minimum absolute atomic E-state index is 0.0733. The summed E-state index contributed by atoms with van der Waals surface area (Å²) in [5.41, 5.74) is 6.39. The monoisotopic (exact) mass is 274 g/mol. The predicted molar refractivity (Wildman–Crippen MR) is 78.0 cm³/mol. The Hall–Kier alpha value is -1.84. The lowest BCUT2D eigenvalue weighted by atomic mass is 9.92. The van der Waals surface area contributed by atoms with Crippen LogP contribution in [0.25, 0.3) is 0 Å². The Kier molecular flexibility index (Phi) is 4.77. The van der Waals surface area contributed by atoms with E-state index < -0.39 is 0 Å². The van der Waals surface area contributed by atoms with Gasteiger partial charge in [0.05, 0.1) is 5.92 Å². The molecule has 4 heteroatoms. The molecule has 0 aliphatic carbocycles. The smallest absolute Gasteiger partial charge is 0.230 e. The summed E-state index contributed by atoms with van der Waals surface area (Å²) in [4.78, 5) is 25.7. The van der Waals surface area contributed by atoms with Gasteiger partial charge in [-0.05, 0) is 24.8 Å². The molecule has 1 unspecified atom stereocenters. The van der Waals surface area contributed by atoms with Crippen LogP contribution in [0.4, 0.5) is 0 Å². The fraction of sp³-hybridized carbons (Fsp3) is 0.500. The molecule has 2 N–H and O–H groups in total. The van der Waals surface area contributed by atoms with E-state index in [4.69, 9.17) is 5.73 Å². The molecule has 20 heavy (non-hydrogen) atoms. The molecule has 1 fully saturated rings. The molecule has 0 bridgehead atoms. The molecule has 108 valence electrons. The average molecular weight is 274 g/mol. The number of hydrogen-bond acceptors (Lipinski definition) is 2. The average Bonchev–Trinajstić information content (AvgIpc) is 2.49. The van der Waals surface area contributed by atoms with E-state index in [9.17, 15) is 9.59 Å². The van der Waals surface area contributed by atoms with E-state index in [2.05, 4.69) is 0 Å². The van der Waals surface area contributed by atoms with Crippen molar-refractivity contribution in [2.45, 2.75) is 32.1 Å². The van der Waals surface area contributed by atoms with E-state index >= 15 is 0 Å². The molecule has 0 aromatic heterocycles. The normalized spacial score (nSPS) is 17.8. The zero-order valence-electron chi connectivity index (χ0n) is 11.9. The number of nitrogens with zero attached hydrogens (tertiary/aromatic N) is 1. The van der Waals surface area contributed by atoms with Gasteiger partial charge < -0.3 is 10.6 Å². The molecule has 1 saturated heterocycles. The van der Waals surface area contributed by atoms with Crippen LogP contribution in [0.1, 0.15) is 37.7 Å². The molecule has 1 aliphatic rings. The highest BCUT2D eigenvalue weighted by atomic mass is 16.2. The third-order valence-electron chi connectivity index (χ3n) is 4.12. The number of hydrogen-bond donors (Lipinski definition) is 1. The van der Waals surface area contributed by atoms with E-state index in [1.807, 2.05) is 42.2 Å². The van der Waals surface area contributed by atoms with Gasteiger partial charge in [0.25, 0.3) is 0 Å². The van der Waals surface area contributed by atoms with Crippen LogP contribution in [-0.2, 0) is 9.59 Å². The van der Waals surface area contributed by atoms with Crippen LogP contribution in [0.3, 0.4) is 0 Å². The second kappa shape index (κ2) is 6.55. The molecule has 2 rings (SSSR count). The number of carbonyl (C=O) groups is 2. The number of carbonyl (C=O) groups excluding carboxylic acids is 2. The van der Waals surface area contributed by atoms with Gasteiger partial charge in [-0.15, -0.1) is 0 Å². The molecule has 1 heterocycles. The molecule has 4 nitrogen and oxygen atoms in total. The highest BCUT2D eigenvalue weighted by molar-refractivity contribution is 5.84. The quantitative estimate of drug-likeness (QED) is 0.911. The van der Waals surface area contributed by atoms with Crippen molar-refractivity contribution in [1.29, 1.82) is 0 Å². The summed E-state index contributed by atoms with van der Waals surface area (Å²) in [6, 6.07) is 9.89. The highest BCUT2D eigenvalue weighted by Gasteiger charge is 2.29. The maximum absolute atomic E-state index is 12.6. The van der Waals surface area contributed by atoms with Crippen LogP contribution in [0.2, 0.25) is 0 Å². The van der Waals surface area contributed by atoms with Crippen molar-refractivity contribution >= 4 is 11.8 Å². The second-order valence-electron chi connectivity index (χ2n) is 5.37. The molecule has 0 spiro atoms. The van der Waals surface area contributed by atoms with Crippen molar-refractivity contribution in [2.75, 3.05) is 13.1 Å². The van der Waals surface area contributed by atoms with Gasteiger partial charge in [0.15, 0.2) is 0 Å². The summed E-state index contributed by atoms with van der Waals surface area (Å²) >= 11 is 0. The van der Waals surface area contributed by atoms with Crippen LogP contribution >= 0.6 is 0 Å². The van der Waals surface area contributed by atoms with Crippen molar-refractivity contribution in [3.05, 3.63) is 35.9 Å². The van der Waals surface area contributed by atoms with Crippen molar-refractivity contribution in [2.24, 2.45) is 11.7 Å². The van der Waals surface area contributed by atoms with Crippen LogP contribution in [-0.4, -0.2) is 29.8 Å². The van der Waals surface area contributed by atoms with E-state index in [0.29, 0.717) is 25.9 Å². The first-order valence-electron chi connectivity index (χ1n) is 7.26. The van der Waals surface area contributed by atoms with Gasteiger partial charge in [-0.3, -0.25) is 9.59 Å². The van der Waals surface area contributed by atoms with Gasteiger partial charge in [-0.2, -0.15) is 0 Å². The molecule has 1 aromatic rings. The maximum atomic E-state index is 12.6. The summed E-state index contributed by atoms with van der Waals surface area (Å²) in [5.74, 6) is -0.231. The number of nitrogens with two attached hydrogens (primary N) is 1. The van der Waals surface area contributed by atoms with Crippen LogP contribution < -0.4 is 5.73 Å². The Morgan fingerprint density at radius 3 is 2.35 bits per heavy atom. The number of piperidine rings is 1. The fourth-order valence-corrected chi connectivity index (χ4v) is 2.84. The fourth-order valence-electron chi connectivity index (χ4n) is 2.84. The van der Waals surface area contributed by atoms with Crippen LogP contribution in [0, 0.1) is 5.92 Å². The lowest BCUT2D eigenvalue weighted by Gasteiger charge is -2.33. The van der Waals surface area contributed by atoms with Gasteiger partial charge in [-0.25, -0.2) is 0 Å². The minimum atomic E-state index is -0.243. The summed E-state index contributed by atoms with van der Waals surface area (Å²) in [7, 11) is 0. The molecule has 2 amide bonds. The zero-order valence-corrected chi connectivity index (χ0v) is 11.9. The third kappa shape index (κ3) is 3.18. The SMILES string of the molecule is CCC(C(=O)N1CCC(C(N)=O)CC1)c1ccccc1. The summed E-state index contributed by atoms with van der Waals surface area (Å²) < 4.78 is 0. The zero-order chi connectivity index (χ0) is 14.5. The number of rotatable bonds is 4. The lowest BCUT2D eigenvalue weighted by Crippen LogP contribution is -2.43. The van der Waals surface area contributed by atoms with E-state index in [0.717, 1.165) is 12.0 Å². The summed E-state index contributed by atoms with van der Waals surface area (Å²) in [5, 5.41) is 0. The Morgan fingerprint density at radius 1 is 1.25 bits per heavy atom. The summed E-state index contributed by atoms with van der Waals surface area (Å²) in [6.45, 7) is 3.30. The third-order valence-corrected chi connectivity index (χ3v) is 4.12. The van der Waals surface area contributed by atoms with Crippen molar-refractivity contribution in [3.8, 4) is 0 Å². The Morgan fingerprint density at radius 2 is 1.85 bits per heavy atom. The van der Waals surface area contributed by atoms with Crippen molar-refractivity contribution in [3.63, 3.8) is 0 Å². The first-order chi connectivity index (χ1) is 9.63. The highest BCUT2D eigenvalue weighted by Crippen LogP contribution is 2.25. The van der Waals surface area contributed by atoms with Crippen molar-refractivity contribution < 1.29 is 9.59 Å². The molecule has 0 radical (unpaired) electrons. The van der Waals surface area contributed by atoms with Gasteiger partial charge in [0, 0.05) is 19.0 Å². The number of primary amides is 1. The molecule has 1 aromatic carbocycles. The number of likely N-dealkylation sites (tertiary alicyclic amines) is 1. The first kappa shape index (κ1) is 14.6. The molecular weight excluding hydrogens is 252 g/mol. The van der Waals surface area contributed by atoms with Gasteiger partial charge >= 0.3 is 0 Å². The Labute approximate surface area is 119 Å². The molecule has 1 atom stereocenters.